The van der Waals surface area contributed by atoms with E-state index in [4.69, 9.17) is 15.2 Å². The Labute approximate surface area is 247 Å². The van der Waals surface area contributed by atoms with Gasteiger partial charge in [0.1, 0.15) is 29.5 Å². The van der Waals surface area contributed by atoms with Crippen LogP contribution in [-0.4, -0.2) is 53.1 Å². The zero-order valence-electron chi connectivity index (χ0n) is 23.7. The van der Waals surface area contributed by atoms with Gasteiger partial charge in [-0.05, 0) is 79.9 Å². The molecule has 0 spiro atoms. The molecule has 0 radical (unpaired) electrons. The van der Waals surface area contributed by atoms with Crippen molar-refractivity contribution in [2.75, 3.05) is 25.1 Å². The van der Waals surface area contributed by atoms with E-state index in [1.165, 1.54) is 40.9 Å². The molecule has 5 rings (SSSR count). The third-order valence-electron chi connectivity index (χ3n) is 7.01. The van der Waals surface area contributed by atoms with E-state index in [1.54, 1.807) is 44.2 Å². The molecule has 13 heteroatoms. The zero-order valence-corrected chi connectivity index (χ0v) is 24.5. The number of halogens is 3. The molecule has 2 unspecified atom stereocenters. The fraction of sp³-hybridized carbons (Fsp3) is 0.300. The lowest BCUT2D eigenvalue weighted by Crippen LogP contribution is -2.29. The van der Waals surface area contributed by atoms with Crippen LogP contribution in [0.4, 0.5) is 19.1 Å². The lowest BCUT2D eigenvalue weighted by Gasteiger charge is -2.20. The maximum absolute atomic E-state index is 13.7. The maximum Gasteiger partial charge on any atom is 0.280 e. The van der Waals surface area contributed by atoms with Gasteiger partial charge in [-0.3, -0.25) is 4.98 Å². The molecule has 2 N–H and O–H groups in total. The second-order valence-corrected chi connectivity index (χ2v) is 12.3. The first-order valence-electron chi connectivity index (χ1n) is 13.5. The maximum atomic E-state index is 13.7. The molecule has 1 saturated heterocycles. The molecule has 0 amide bonds. The van der Waals surface area contributed by atoms with Gasteiger partial charge in [0.15, 0.2) is 0 Å². The smallest absolute Gasteiger partial charge is 0.280 e. The second-order valence-electron chi connectivity index (χ2n) is 10.3. The van der Waals surface area contributed by atoms with Crippen molar-refractivity contribution in [2.24, 2.45) is 0 Å². The zero-order chi connectivity index (χ0) is 30.9. The number of nitrogens with two attached hydrogens (primary N) is 1. The SMILES string of the molecule is Cc1cc(-c2c(OC(C)c3ccc(OC4CCN(S(C)(=O)=O)C4)cc3)nc(N)nc2-c2ccc(F)cc2)cc(C(F)F)n1. The van der Waals surface area contributed by atoms with E-state index in [0.29, 0.717) is 41.1 Å². The number of aryl methyl sites for hydroxylation is 1. The Bertz CT molecular complexity index is 1720. The molecule has 0 bridgehead atoms. The molecule has 4 aromatic rings. The molecule has 43 heavy (non-hydrogen) atoms. The first kappa shape index (κ1) is 30.2. The van der Waals surface area contributed by atoms with Gasteiger partial charge in [0.2, 0.25) is 21.9 Å². The van der Waals surface area contributed by atoms with E-state index in [1.807, 2.05) is 0 Å². The summed E-state index contributed by atoms with van der Waals surface area (Å²) in [5, 5.41) is 0. The minimum atomic E-state index is -3.27. The molecule has 2 aromatic carbocycles. The average Bonchev–Trinajstić information content (AvgIpc) is 3.42. The van der Waals surface area contributed by atoms with E-state index in [-0.39, 0.29) is 30.2 Å². The van der Waals surface area contributed by atoms with E-state index < -0.39 is 34.1 Å². The van der Waals surface area contributed by atoms with Crippen LogP contribution in [0.15, 0.2) is 60.7 Å². The van der Waals surface area contributed by atoms with Crippen molar-refractivity contribution in [2.45, 2.75) is 38.9 Å². The predicted molar refractivity (Wildman–Crippen MR) is 156 cm³/mol. The van der Waals surface area contributed by atoms with Crippen molar-refractivity contribution in [3.8, 4) is 34.0 Å². The summed E-state index contributed by atoms with van der Waals surface area (Å²) >= 11 is 0. The molecular formula is C30H30F3N5O4S. The highest BCUT2D eigenvalue weighted by Gasteiger charge is 2.30. The number of rotatable bonds is 9. The summed E-state index contributed by atoms with van der Waals surface area (Å²) in [4.78, 5) is 12.6. The highest BCUT2D eigenvalue weighted by atomic mass is 32.2. The highest BCUT2D eigenvalue weighted by molar-refractivity contribution is 7.88. The molecule has 226 valence electrons. The summed E-state index contributed by atoms with van der Waals surface area (Å²) in [7, 11) is -3.27. The summed E-state index contributed by atoms with van der Waals surface area (Å²) in [6.07, 6.45) is -1.88. The van der Waals surface area contributed by atoms with Gasteiger partial charge in [-0.15, -0.1) is 0 Å². The second kappa shape index (κ2) is 12.2. The van der Waals surface area contributed by atoms with Crippen molar-refractivity contribution < 1.29 is 31.1 Å². The normalized spacial score (nSPS) is 16.4. The number of hydrogen-bond acceptors (Lipinski definition) is 8. The third-order valence-corrected chi connectivity index (χ3v) is 8.28. The van der Waals surface area contributed by atoms with Gasteiger partial charge in [0, 0.05) is 17.8 Å². The van der Waals surface area contributed by atoms with Crippen LogP contribution in [0.1, 0.15) is 42.8 Å². The Hall–Kier alpha value is -4.23. The van der Waals surface area contributed by atoms with Gasteiger partial charge in [-0.1, -0.05) is 12.1 Å². The van der Waals surface area contributed by atoms with Crippen LogP contribution in [0.5, 0.6) is 11.6 Å². The number of sulfonamides is 1. The molecule has 0 saturated carbocycles. The molecule has 2 atom stereocenters. The number of anilines is 1. The number of hydrogen-bond donors (Lipinski definition) is 1. The fourth-order valence-electron chi connectivity index (χ4n) is 4.91. The minimum Gasteiger partial charge on any atom is -0.489 e. The van der Waals surface area contributed by atoms with Gasteiger partial charge in [-0.2, -0.15) is 9.29 Å². The summed E-state index contributed by atoms with van der Waals surface area (Å²) in [6.45, 7) is 4.09. The number of nitrogens with zero attached hydrogens (tertiary/aromatic N) is 4. The van der Waals surface area contributed by atoms with Crippen molar-refractivity contribution >= 4 is 16.0 Å². The molecule has 1 aliphatic heterocycles. The molecule has 1 aliphatic rings. The first-order chi connectivity index (χ1) is 20.4. The van der Waals surface area contributed by atoms with Crippen LogP contribution in [0.25, 0.3) is 22.4 Å². The van der Waals surface area contributed by atoms with Gasteiger partial charge in [0.05, 0.1) is 24.1 Å². The number of benzene rings is 2. The Morgan fingerprint density at radius 3 is 2.33 bits per heavy atom. The predicted octanol–water partition coefficient (Wildman–Crippen LogP) is 5.73. The van der Waals surface area contributed by atoms with Crippen molar-refractivity contribution in [3.63, 3.8) is 0 Å². The van der Waals surface area contributed by atoms with Crippen molar-refractivity contribution in [3.05, 3.63) is 83.4 Å². The summed E-state index contributed by atoms with van der Waals surface area (Å²) in [5.41, 5.74) is 8.16. The number of pyridine rings is 1. The minimum absolute atomic E-state index is 0.0530. The van der Waals surface area contributed by atoms with Gasteiger partial charge < -0.3 is 15.2 Å². The molecular weight excluding hydrogens is 583 g/mol. The number of ether oxygens (including phenoxy) is 2. The largest absolute Gasteiger partial charge is 0.489 e. The van der Waals surface area contributed by atoms with E-state index in [0.717, 1.165) is 5.56 Å². The molecule has 3 heterocycles. The Morgan fingerprint density at radius 2 is 1.70 bits per heavy atom. The van der Waals surface area contributed by atoms with Gasteiger partial charge in [0.25, 0.3) is 6.43 Å². The van der Waals surface area contributed by atoms with Crippen LogP contribution in [0.2, 0.25) is 0 Å². The monoisotopic (exact) mass is 613 g/mol. The molecule has 0 aliphatic carbocycles. The number of nitrogen functional groups attached to an aromatic ring is 1. The van der Waals surface area contributed by atoms with Crippen LogP contribution >= 0.6 is 0 Å². The molecule has 9 nitrogen and oxygen atoms in total. The Balaban J connectivity index is 1.46. The number of aromatic nitrogens is 3. The Kier molecular flexibility index (Phi) is 8.56. The number of alkyl halides is 2. The standard InChI is InChI=1S/C30H30F3N5O4S/c1-17-14-21(15-25(35-17)28(32)33)26-27(20-4-8-22(31)9-5-20)36-30(34)37-29(26)41-18(2)19-6-10-23(11-7-19)42-24-12-13-38(16-24)43(3,39)40/h4-11,14-15,18,24,28H,12-13,16H2,1-3H3,(H2,34,36,37). The summed E-state index contributed by atoms with van der Waals surface area (Å²) < 4.78 is 78.4. The highest BCUT2D eigenvalue weighted by Crippen LogP contribution is 2.40. The van der Waals surface area contributed by atoms with Gasteiger partial charge in [-0.25, -0.2) is 26.6 Å². The van der Waals surface area contributed by atoms with Crippen LogP contribution in [-0.2, 0) is 10.0 Å². The van der Waals surface area contributed by atoms with Crippen molar-refractivity contribution in [1.82, 2.24) is 19.3 Å². The van der Waals surface area contributed by atoms with Crippen LogP contribution in [0.3, 0.4) is 0 Å². The fourth-order valence-corrected chi connectivity index (χ4v) is 5.78. The van der Waals surface area contributed by atoms with Crippen LogP contribution < -0.4 is 15.2 Å². The van der Waals surface area contributed by atoms with E-state index in [2.05, 4.69) is 15.0 Å². The summed E-state index contributed by atoms with van der Waals surface area (Å²) in [6, 6.07) is 15.5. The molecule has 2 aromatic heterocycles. The van der Waals surface area contributed by atoms with E-state index in [9.17, 15) is 21.6 Å². The molecule has 1 fully saturated rings. The average molecular weight is 614 g/mol. The lowest BCUT2D eigenvalue weighted by molar-refractivity contribution is 0.146. The topological polar surface area (TPSA) is 121 Å². The van der Waals surface area contributed by atoms with Gasteiger partial charge >= 0.3 is 0 Å². The van der Waals surface area contributed by atoms with Crippen molar-refractivity contribution in [1.29, 1.82) is 0 Å². The Morgan fingerprint density at radius 1 is 1.00 bits per heavy atom. The quantitative estimate of drug-likeness (QED) is 0.254. The third kappa shape index (κ3) is 7.05. The first-order valence-corrected chi connectivity index (χ1v) is 15.3. The lowest BCUT2D eigenvalue weighted by atomic mass is 9.99. The summed E-state index contributed by atoms with van der Waals surface area (Å²) in [5.74, 6) is 0.0600. The van der Waals surface area contributed by atoms with Crippen LogP contribution in [0, 0.1) is 12.7 Å². The van der Waals surface area contributed by atoms with E-state index >= 15 is 0 Å².